The predicted octanol–water partition coefficient (Wildman–Crippen LogP) is 2.37. The molecular formula is C21H30N6O2S4. The molecule has 2 rings (SSSR count). The molecule has 0 spiro atoms. The predicted molar refractivity (Wildman–Crippen MR) is 146 cm³/mol. The summed E-state index contributed by atoms with van der Waals surface area (Å²) >= 11 is 13.9. The van der Waals surface area contributed by atoms with Gasteiger partial charge >= 0.3 is 0 Å². The number of nitrogens with zero attached hydrogens (tertiary/aromatic N) is 2. The van der Waals surface area contributed by atoms with Crippen LogP contribution < -0.4 is 21.3 Å². The topological polar surface area (TPSA) is 114 Å². The third-order valence-corrected chi connectivity index (χ3v) is 6.72. The first-order chi connectivity index (χ1) is 16.1. The Labute approximate surface area is 214 Å². The van der Waals surface area contributed by atoms with Crippen molar-refractivity contribution in [2.24, 2.45) is 0 Å². The molecule has 0 bridgehead atoms. The van der Waals surface area contributed by atoms with E-state index in [2.05, 4.69) is 31.2 Å². The van der Waals surface area contributed by atoms with Crippen molar-refractivity contribution in [2.45, 2.75) is 17.9 Å². The number of aromatic nitrogens is 2. The first-order valence-corrected chi connectivity index (χ1v) is 13.6. The minimum atomic E-state index is 0.235. The first-order valence-electron chi connectivity index (χ1n) is 10.5. The summed E-state index contributed by atoms with van der Waals surface area (Å²) in [6.45, 7) is 2.99. The van der Waals surface area contributed by atoms with Crippen LogP contribution in [0, 0.1) is 0 Å². The van der Waals surface area contributed by atoms with Gasteiger partial charge in [-0.2, -0.15) is 23.5 Å². The van der Waals surface area contributed by atoms with Gasteiger partial charge in [-0.15, -0.1) is 0 Å². The SMILES string of the molecule is Oc1cccnc1CSCCNC(=S)NCCCNC(=S)NCCSCc1ncccc1O. The van der Waals surface area contributed by atoms with Crippen LogP contribution in [0.1, 0.15) is 17.8 Å². The second kappa shape index (κ2) is 16.6. The van der Waals surface area contributed by atoms with Crippen molar-refractivity contribution < 1.29 is 10.2 Å². The Kier molecular flexibility index (Phi) is 13.7. The van der Waals surface area contributed by atoms with Gasteiger partial charge in [-0.3, -0.25) is 9.97 Å². The van der Waals surface area contributed by atoms with Crippen LogP contribution >= 0.6 is 48.0 Å². The number of pyridine rings is 2. The monoisotopic (exact) mass is 526 g/mol. The highest BCUT2D eigenvalue weighted by Gasteiger charge is 2.03. The fourth-order valence-electron chi connectivity index (χ4n) is 2.51. The lowest BCUT2D eigenvalue weighted by Gasteiger charge is -2.12. The van der Waals surface area contributed by atoms with Crippen LogP contribution in [0.25, 0.3) is 0 Å². The Hall–Kier alpha value is -2.02. The average Bonchev–Trinajstić information content (AvgIpc) is 2.80. The van der Waals surface area contributed by atoms with Crippen LogP contribution in [0.5, 0.6) is 11.5 Å². The molecule has 2 aromatic heterocycles. The number of rotatable bonds is 14. The molecule has 0 fully saturated rings. The number of hydrogen-bond acceptors (Lipinski definition) is 8. The Morgan fingerprint density at radius 3 is 1.58 bits per heavy atom. The van der Waals surface area contributed by atoms with Crippen LogP contribution in [-0.4, -0.2) is 68.1 Å². The maximum atomic E-state index is 9.69. The molecule has 0 radical (unpaired) electrons. The van der Waals surface area contributed by atoms with E-state index in [0.29, 0.717) is 33.1 Å². The van der Waals surface area contributed by atoms with Crippen molar-refractivity contribution in [1.29, 1.82) is 0 Å². The number of thiocarbonyl (C=S) groups is 2. The molecule has 0 unspecified atom stereocenters. The van der Waals surface area contributed by atoms with E-state index in [9.17, 15) is 10.2 Å². The smallest absolute Gasteiger partial charge is 0.166 e. The van der Waals surface area contributed by atoms with Crippen molar-refractivity contribution in [2.75, 3.05) is 37.7 Å². The molecule has 0 saturated heterocycles. The van der Waals surface area contributed by atoms with Gasteiger partial charge in [0.05, 0.1) is 11.4 Å². The lowest BCUT2D eigenvalue weighted by molar-refractivity contribution is 0.466. The summed E-state index contributed by atoms with van der Waals surface area (Å²) in [6, 6.07) is 6.73. The molecule has 0 aliphatic heterocycles. The van der Waals surface area contributed by atoms with Gasteiger partial charge in [-0.25, -0.2) is 0 Å². The summed E-state index contributed by atoms with van der Waals surface area (Å²) < 4.78 is 0. The number of thioether (sulfide) groups is 2. The largest absolute Gasteiger partial charge is 0.506 e. The minimum Gasteiger partial charge on any atom is -0.506 e. The molecular weight excluding hydrogens is 497 g/mol. The standard InChI is InChI=1S/C21H30N6O2S4/c28-18-4-1-6-22-16(18)14-32-12-10-26-20(30)24-8-3-9-25-21(31)27-11-13-33-15-17-19(29)5-2-7-23-17/h1-2,4-7,28-29H,3,8-15H2,(H2,24,26,30)(H2,25,27,31). The van der Waals surface area contributed by atoms with Gasteiger partial charge in [0, 0.05) is 61.6 Å². The average molecular weight is 527 g/mol. The molecule has 0 aliphatic carbocycles. The zero-order valence-electron chi connectivity index (χ0n) is 18.2. The van der Waals surface area contributed by atoms with Crippen molar-refractivity contribution in [3.8, 4) is 11.5 Å². The molecule has 8 nitrogen and oxygen atoms in total. The van der Waals surface area contributed by atoms with Gasteiger partial charge in [-0.05, 0) is 55.1 Å². The summed E-state index contributed by atoms with van der Waals surface area (Å²) in [4.78, 5) is 8.32. The fourth-order valence-corrected chi connectivity index (χ4v) is 4.53. The first kappa shape index (κ1) is 27.2. The summed E-state index contributed by atoms with van der Waals surface area (Å²) in [7, 11) is 0. The number of aromatic hydroxyl groups is 2. The van der Waals surface area contributed by atoms with E-state index < -0.39 is 0 Å². The molecule has 2 heterocycles. The highest BCUT2D eigenvalue weighted by Crippen LogP contribution is 2.19. The van der Waals surface area contributed by atoms with E-state index in [1.54, 1.807) is 60.2 Å². The van der Waals surface area contributed by atoms with Gasteiger partial charge in [0.15, 0.2) is 10.2 Å². The summed E-state index contributed by atoms with van der Waals surface area (Å²) in [5.41, 5.74) is 1.40. The number of hydrogen-bond donors (Lipinski definition) is 6. The zero-order valence-corrected chi connectivity index (χ0v) is 21.5. The third kappa shape index (κ3) is 12.1. The molecule has 0 amide bonds. The lowest BCUT2D eigenvalue weighted by Crippen LogP contribution is -2.40. The van der Waals surface area contributed by atoms with Gasteiger partial charge in [-0.1, -0.05) is 0 Å². The van der Waals surface area contributed by atoms with Crippen molar-refractivity contribution in [1.82, 2.24) is 31.2 Å². The highest BCUT2D eigenvalue weighted by molar-refractivity contribution is 7.98. The maximum absolute atomic E-state index is 9.69. The van der Waals surface area contributed by atoms with Crippen molar-refractivity contribution in [3.63, 3.8) is 0 Å². The summed E-state index contributed by atoms with van der Waals surface area (Å²) in [5, 5.41) is 33.4. The normalized spacial score (nSPS) is 10.4. The second-order valence-corrected chi connectivity index (χ2v) is 9.79. The van der Waals surface area contributed by atoms with Gasteiger partial charge < -0.3 is 31.5 Å². The maximum Gasteiger partial charge on any atom is 0.166 e. The summed E-state index contributed by atoms with van der Waals surface area (Å²) in [5.74, 6) is 3.53. The van der Waals surface area contributed by atoms with E-state index >= 15 is 0 Å². The second-order valence-electron chi connectivity index (χ2n) is 6.76. The molecule has 33 heavy (non-hydrogen) atoms. The Morgan fingerprint density at radius 1 is 0.727 bits per heavy atom. The zero-order chi connectivity index (χ0) is 23.7. The van der Waals surface area contributed by atoms with Gasteiger partial charge in [0.2, 0.25) is 0 Å². The molecule has 0 aromatic carbocycles. The van der Waals surface area contributed by atoms with Gasteiger partial charge in [0.25, 0.3) is 0 Å². The Balaban J connectivity index is 1.38. The van der Waals surface area contributed by atoms with Crippen LogP contribution in [0.2, 0.25) is 0 Å². The fraction of sp³-hybridized carbons (Fsp3) is 0.429. The summed E-state index contributed by atoms with van der Waals surface area (Å²) in [6.07, 6.45) is 4.24. The lowest BCUT2D eigenvalue weighted by atomic mass is 10.3. The Morgan fingerprint density at radius 2 is 1.15 bits per heavy atom. The van der Waals surface area contributed by atoms with Crippen molar-refractivity contribution >= 4 is 58.2 Å². The molecule has 0 atom stereocenters. The highest BCUT2D eigenvalue weighted by atomic mass is 32.2. The molecule has 12 heteroatoms. The molecule has 2 aromatic rings. The van der Waals surface area contributed by atoms with Crippen LogP contribution in [0.3, 0.4) is 0 Å². The molecule has 0 saturated carbocycles. The quantitative estimate of drug-likeness (QED) is 0.160. The van der Waals surface area contributed by atoms with E-state index in [1.807, 2.05) is 0 Å². The molecule has 6 N–H and O–H groups in total. The minimum absolute atomic E-state index is 0.235. The third-order valence-electron chi connectivity index (χ3n) is 4.20. The van der Waals surface area contributed by atoms with E-state index in [4.69, 9.17) is 24.4 Å². The van der Waals surface area contributed by atoms with Crippen LogP contribution in [0.15, 0.2) is 36.7 Å². The van der Waals surface area contributed by atoms with Gasteiger partial charge in [0.1, 0.15) is 11.5 Å². The molecule has 180 valence electrons. The van der Waals surface area contributed by atoms with E-state index in [0.717, 1.165) is 44.1 Å². The van der Waals surface area contributed by atoms with Crippen molar-refractivity contribution in [3.05, 3.63) is 48.0 Å². The van der Waals surface area contributed by atoms with Crippen LogP contribution in [-0.2, 0) is 11.5 Å². The molecule has 0 aliphatic rings. The van der Waals surface area contributed by atoms with E-state index in [-0.39, 0.29) is 11.5 Å². The Bertz CT molecular complexity index is 805. The van der Waals surface area contributed by atoms with E-state index in [1.165, 1.54) is 0 Å². The van der Waals surface area contributed by atoms with Crippen LogP contribution in [0.4, 0.5) is 0 Å². The number of nitrogens with one attached hydrogen (secondary N) is 4.